The third kappa shape index (κ3) is 1.30. The molecule has 0 saturated carbocycles. The first-order valence-electron chi connectivity index (χ1n) is 4.82. The molecule has 2 aromatic rings. The molecule has 0 spiro atoms. The molecule has 0 atom stereocenters. The molecule has 2 rings (SSSR count). The minimum atomic E-state index is -0.450. The highest BCUT2D eigenvalue weighted by atomic mass is 35.5. The Morgan fingerprint density at radius 1 is 1.44 bits per heavy atom. The standard InChI is InChI=1S/C9H11ClN4O2/c1-3-13-5-11-7-6(13)8(15)14(4-10)9(16)12(7)2/h5H,3-4H2,1-2H3. The first-order chi connectivity index (χ1) is 7.61. The van der Waals surface area contributed by atoms with Crippen LogP contribution in [0.15, 0.2) is 15.9 Å². The van der Waals surface area contributed by atoms with Gasteiger partial charge in [-0.15, -0.1) is 11.6 Å². The summed E-state index contributed by atoms with van der Waals surface area (Å²) in [5.74, 6) is 0. The molecule has 0 aliphatic carbocycles. The normalized spacial score (nSPS) is 11.2. The predicted molar refractivity (Wildman–Crippen MR) is 60.8 cm³/mol. The van der Waals surface area contributed by atoms with Crippen molar-refractivity contribution in [2.24, 2.45) is 7.05 Å². The third-order valence-electron chi connectivity index (χ3n) is 2.56. The van der Waals surface area contributed by atoms with E-state index >= 15 is 0 Å². The number of rotatable bonds is 2. The van der Waals surface area contributed by atoms with Gasteiger partial charge < -0.3 is 4.57 Å². The molecule has 16 heavy (non-hydrogen) atoms. The van der Waals surface area contributed by atoms with Crippen molar-refractivity contribution >= 4 is 22.8 Å². The highest BCUT2D eigenvalue weighted by Gasteiger charge is 2.14. The van der Waals surface area contributed by atoms with Gasteiger partial charge >= 0.3 is 5.69 Å². The second-order valence-electron chi connectivity index (χ2n) is 3.40. The molecule has 0 fully saturated rings. The average molecular weight is 243 g/mol. The monoisotopic (exact) mass is 242 g/mol. The van der Waals surface area contributed by atoms with Gasteiger partial charge in [0, 0.05) is 13.6 Å². The third-order valence-corrected chi connectivity index (χ3v) is 2.80. The minimum Gasteiger partial charge on any atom is -0.325 e. The Bertz CT molecular complexity index is 652. The van der Waals surface area contributed by atoms with Crippen molar-refractivity contribution in [3.8, 4) is 0 Å². The number of fused-ring (bicyclic) bond motifs is 1. The van der Waals surface area contributed by atoms with Gasteiger partial charge in [0.05, 0.1) is 6.33 Å². The Kier molecular flexibility index (Phi) is 2.59. The quantitative estimate of drug-likeness (QED) is 0.703. The summed E-state index contributed by atoms with van der Waals surface area (Å²) in [6.07, 6.45) is 1.55. The van der Waals surface area contributed by atoms with Crippen molar-refractivity contribution in [3.05, 3.63) is 27.2 Å². The molecular weight excluding hydrogens is 232 g/mol. The van der Waals surface area contributed by atoms with Crippen LogP contribution < -0.4 is 11.2 Å². The summed E-state index contributed by atoms with van der Waals surface area (Å²) in [7, 11) is 1.57. The Balaban J connectivity index is 3.06. The Morgan fingerprint density at radius 3 is 2.69 bits per heavy atom. The number of hydrogen-bond donors (Lipinski definition) is 0. The predicted octanol–water partition coefficient (Wildman–Crippen LogP) is 0.113. The summed E-state index contributed by atoms with van der Waals surface area (Å²) < 4.78 is 4.00. The molecular formula is C9H11ClN4O2. The lowest BCUT2D eigenvalue weighted by Crippen LogP contribution is -2.38. The van der Waals surface area contributed by atoms with E-state index < -0.39 is 11.2 Å². The number of hydrogen-bond acceptors (Lipinski definition) is 3. The van der Waals surface area contributed by atoms with Crippen LogP contribution >= 0.6 is 11.6 Å². The lowest BCUT2D eigenvalue weighted by atomic mass is 10.5. The fraction of sp³-hybridized carbons (Fsp3) is 0.444. The number of alkyl halides is 1. The van der Waals surface area contributed by atoms with Crippen molar-refractivity contribution in [2.75, 3.05) is 0 Å². The van der Waals surface area contributed by atoms with E-state index in [-0.39, 0.29) is 6.00 Å². The molecule has 6 nitrogen and oxygen atoms in total. The fourth-order valence-corrected chi connectivity index (χ4v) is 1.88. The maximum Gasteiger partial charge on any atom is 0.333 e. The van der Waals surface area contributed by atoms with Crippen molar-refractivity contribution in [1.82, 2.24) is 18.7 Å². The zero-order chi connectivity index (χ0) is 11.9. The van der Waals surface area contributed by atoms with Crippen molar-refractivity contribution in [2.45, 2.75) is 19.5 Å². The fourth-order valence-electron chi connectivity index (χ4n) is 1.67. The van der Waals surface area contributed by atoms with Crippen LogP contribution in [0.2, 0.25) is 0 Å². The maximum absolute atomic E-state index is 12.0. The first-order valence-corrected chi connectivity index (χ1v) is 5.35. The topological polar surface area (TPSA) is 61.8 Å². The average Bonchev–Trinajstić information content (AvgIpc) is 2.70. The number of nitrogens with zero attached hydrogens (tertiary/aromatic N) is 4. The number of imidazole rings is 1. The molecule has 2 heterocycles. The highest BCUT2D eigenvalue weighted by molar-refractivity contribution is 6.15. The lowest BCUT2D eigenvalue weighted by Gasteiger charge is -2.05. The summed E-state index contributed by atoms with van der Waals surface area (Å²) in [6.45, 7) is 2.52. The van der Waals surface area contributed by atoms with Gasteiger partial charge in [-0.05, 0) is 6.92 Å². The molecule has 0 amide bonds. The summed E-state index contributed by atoms with van der Waals surface area (Å²) in [6, 6.07) is -0.156. The molecule has 0 aliphatic heterocycles. The van der Waals surface area contributed by atoms with Crippen LogP contribution in [0.1, 0.15) is 6.92 Å². The molecule has 7 heteroatoms. The van der Waals surface area contributed by atoms with E-state index in [1.54, 1.807) is 17.9 Å². The van der Waals surface area contributed by atoms with Crippen LogP contribution in [0.5, 0.6) is 0 Å². The van der Waals surface area contributed by atoms with Crippen molar-refractivity contribution in [1.29, 1.82) is 0 Å². The van der Waals surface area contributed by atoms with Crippen LogP contribution in [-0.2, 0) is 19.6 Å². The van der Waals surface area contributed by atoms with Gasteiger partial charge in [0.1, 0.15) is 6.00 Å². The van der Waals surface area contributed by atoms with Gasteiger partial charge in [0.25, 0.3) is 5.56 Å². The zero-order valence-electron chi connectivity index (χ0n) is 8.97. The molecule has 0 bridgehead atoms. The Hall–Kier alpha value is -1.56. The van der Waals surface area contributed by atoms with E-state index in [2.05, 4.69) is 4.98 Å². The van der Waals surface area contributed by atoms with Crippen molar-refractivity contribution in [3.63, 3.8) is 0 Å². The van der Waals surface area contributed by atoms with E-state index in [4.69, 9.17) is 11.6 Å². The van der Waals surface area contributed by atoms with Crippen LogP contribution in [0.25, 0.3) is 11.2 Å². The van der Waals surface area contributed by atoms with Gasteiger partial charge in [-0.25, -0.2) is 14.3 Å². The van der Waals surface area contributed by atoms with E-state index in [1.807, 2.05) is 6.92 Å². The SMILES string of the molecule is CCn1cnc2c1c(=O)n(CCl)c(=O)n2C. The van der Waals surface area contributed by atoms with Gasteiger partial charge in [0.2, 0.25) is 0 Å². The van der Waals surface area contributed by atoms with Crippen LogP contribution in [0.3, 0.4) is 0 Å². The van der Waals surface area contributed by atoms with Gasteiger partial charge in [-0.1, -0.05) is 0 Å². The van der Waals surface area contributed by atoms with Gasteiger partial charge in [-0.2, -0.15) is 0 Å². The van der Waals surface area contributed by atoms with Crippen molar-refractivity contribution < 1.29 is 0 Å². The number of halogens is 1. The van der Waals surface area contributed by atoms with Crippen LogP contribution in [0.4, 0.5) is 0 Å². The van der Waals surface area contributed by atoms with Crippen LogP contribution in [-0.4, -0.2) is 18.7 Å². The molecule has 0 aliphatic rings. The van der Waals surface area contributed by atoms with Gasteiger partial charge in [0.15, 0.2) is 11.2 Å². The smallest absolute Gasteiger partial charge is 0.325 e. The summed E-state index contributed by atoms with van der Waals surface area (Å²) >= 11 is 5.59. The first kappa shape index (κ1) is 10.9. The number of aromatic nitrogens is 4. The summed E-state index contributed by atoms with van der Waals surface area (Å²) in [5.41, 5.74) is -0.0511. The van der Waals surface area contributed by atoms with Crippen LogP contribution in [0, 0.1) is 0 Å². The molecule has 0 unspecified atom stereocenters. The van der Waals surface area contributed by atoms with E-state index in [9.17, 15) is 9.59 Å². The second kappa shape index (κ2) is 3.79. The summed E-state index contributed by atoms with van der Waals surface area (Å²) in [4.78, 5) is 27.8. The van der Waals surface area contributed by atoms with E-state index in [0.717, 1.165) is 4.57 Å². The molecule has 0 N–H and O–H groups in total. The van der Waals surface area contributed by atoms with E-state index in [1.165, 1.54) is 4.57 Å². The minimum absolute atomic E-state index is 0.156. The van der Waals surface area contributed by atoms with E-state index in [0.29, 0.717) is 17.7 Å². The zero-order valence-corrected chi connectivity index (χ0v) is 9.73. The summed E-state index contributed by atoms with van der Waals surface area (Å²) in [5, 5.41) is 0. The molecule has 2 aromatic heterocycles. The Morgan fingerprint density at radius 2 is 2.12 bits per heavy atom. The second-order valence-corrected chi connectivity index (χ2v) is 3.64. The molecule has 0 radical (unpaired) electrons. The maximum atomic E-state index is 12.0. The molecule has 0 aromatic carbocycles. The molecule has 86 valence electrons. The Labute approximate surface area is 95.7 Å². The highest BCUT2D eigenvalue weighted by Crippen LogP contribution is 2.04. The number of aryl methyl sites for hydroxylation is 2. The lowest BCUT2D eigenvalue weighted by molar-refractivity contribution is 0.687. The van der Waals surface area contributed by atoms with Gasteiger partial charge in [-0.3, -0.25) is 9.36 Å². The molecule has 0 saturated heterocycles. The largest absolute Gasteiger partial charge is 0.333 e.